The van der Waals surface area contributed by atoms with Crippen LogP contribution in [0.15, 0.2) is 22.1 Å². The number of hydrogen-bond acceptors (Lipinski definition) is 7. The third kappa shape index (κ3) is 3.90. The monoisotopic (exact) mass is 451 g/mol. The number of aliphatic hydroxyl groups excluding tert-OH is 1. The molecule has 0 bridgehead atoms. The predicted octanol–water partition coefficient (Wildman–Crippen LogP) is 3.21. The minimum Gasteiger partial charge on any atom is -0.488 e. The third-order valence-corrected chi connectivity index (χ3v) is 6.54. The van der Waals surface area contributed by atoms with Gasteiger partial charge in [-0.25, -0.2) is 13.8 Å². The van der Waals surface area contributed by atoms with Gasteiger partial charge in [-0.1, -0.05) is 0 Å². The lowest BCUT2D eigenvalue weighted by molar-refractivity contribution is -0.00407. The minimum atomic E-state index is -3.10. The van der Waals surface area contributed by atoms with E-state index in [0.29, 0.717) is 5.58 Å². The summed E-state index contributed by atoms with van der Waals surface area (Å²) in [5.41, 5.74) is 8.68. The second-order valence-electron chi connectivity index (χ2n) is 7.67. The molecule has 1 unspecified atom stereocenters. The molecule has 1 fully saturated rings. The summed E-state index contributed by atoms with van der Waals surface area (Å²) >= 11 is 1.42. The van der Waals surface area contributed by atoms with Crippen LogP contribution in [0.5, 0.6) is 5.75 Å². The Balaban J connectivity index is 1.86. The summed E-state index contributed by atoms with van der Waals surface area (Å²) in [5.74, 6) is -4.58. The van der Waals surface area contributed by atoms with Gasteiger partial charge in [0.2, 0.25) is 0 Å². The number of aromatic nitrogens is 1. The molecule has 7 nitrogen and oxygen atoms in total. The van der Waals surface area contributed by atoms with Gasteiger partial charge < -0.3 is 20.0 Å². The fourth-order valence-electron chi connectivity index (χ4n) is 4.17. The molecule has 166 valence electrons. The number of halogens is 2. The molecule has 3 aromatic rings. The number of benzene rings is 1. The minimum absolute atomic E-state index is 0.00501. The number of primary amides is 1. The van der Waals surface area contributed by atoms with Crippen molar-refractivity contribution in [3.63, 3.8) is 0 Å². The van der Waals surface area contributed by atoms with Crippen molar-refractivity contribution in [2.75, 3.05) is 26.2 Å². The highest BCUT2D eigenvalue weighted by molar-refractivity contribution is 7.09. The average molecular weight is 451 g/mol. The smallest absolute Gasteiger partial charge is 0.268 e. The van der Waals surface area contributed by atoms with Crippen molar-refractivity contribution in [2.45, 2.75) is 32.3 Å². The molecule has 1 saturated heterocycles. The maximum Gasteiger partial charge on any atom is 0.268 e. The molecule has 1 aliphatic rings. The van der Waals surface area contributed by atoms with Gasteiger partial charge in [-0.05, 0) is 26.0 Å². The zero-order chi connectivity index (χ0) is 22.3. The van der Waals surface area contributed by atoms with Crippen LogP contribution in [-0.4, -0.2) is 53.1 Å². The number of fused-ring (bicyclic) bond motifs is 1. The molecule has 1 atom stereocenters. The molecule has 0 saturated carbocycles. The first kappa shape index (κ1) is 21.7. The topological polar surface area (TPSA) is 102 Å². The van der Waals surface area contributed by atoms with E-state index in [0.717, 1.165) is 10.6 Å². The number of ether oxygens (including phenoxy) is 1. The molecule has 2 aromatic heterocycles. The third-order valence-electron chi connectivity index (χ3n) is 5.63. The van der Waals surface area contributed by atoms with Crippen molar-refractivity contribution < 1.29 is 27.8 Å². The van der Waals surface area contributed by atoms with Gasteiger partial charge in [0.05, 0.1) is 40.7 Å². The van der Waals surface area contributed by atoms with Crippen LogP contribution in [-0.2, 0) is 6.61 Å². The number of nitrogens with zero attached hydrogens (tertiary/aromatic N) is 2. The number of β-amino-alcohol motifs (C(OH)–C–C–N with tert-alkyl or cyclic N) is 1. The van der Waals surface area contributed by atoms with Gasteiger partial charge in [0.25, 0.3) is 11.8 Å². The SMILES string of the molecule is Cc1ncsc1COc1ccc2oc(C)c(C(N)=O)c2c1C1CN(CCO)CC1(F)F. The Morgan fingerprint density at radius 3 is 2.87 bits per heavy atom. The largest absolute Gasteiger partial charge is 0.488 e. The first-order valence-corrected chi connectivity index (χ1v) is 10.7. The van der Waals surface area contributed by atoms with Crippen molar-refractivity contribution >= 4 is 28.2 Å². The van der Waals surface area contributed by atoms with Gasteiger partial charge in [0.1, 0.15) is 23.7 Å². The highest BCUT2D eigenvalue weighted by Gasteiger charge is 2.50. The van der Waals surface area contributed by atoms with Gasteiger partial charge in [0, 0.05) is 24.0 Å². The van der Waals surface area contributed by atoms with Crippen molar-refractivity contribution in [2.24, 2.45) is 5.73 Å². The van der Waals surface area contributed by atoms with Crippen LogP contribution in [0.2, 0.25) is 0 Å². The van der Waals surface area contributed by atoms with Crippen molar-refractivity contribution in [1.82, 2.24) is 9.88 Å². The summed E-state index contributed by atoms with van der Waals surface area (Å²) in [4.78, 5) is 18.7. The molecule has 10 heteroatoms. The number of furan rings is 1. The van der Waals surface area contributed by atoms with Crippen LogP contribution in [0.25, 0.3) is 11.0 Å². The van der Waals surface area contributed by atoms with E-state index in [4.69, 9.17) is 14.9 Å². The summed E-state index contributed by atoms with van der Waals surface area (Å²) in [6.07, 6.45) is 0. The molecule has 3 N–H and O–H groups in total. The lowest BCUT2D eigenvalue weighted by Crippen LogP contribution is -2.28. The van der Waals surface area contributed by atoms with Gasteiger partial charge in [0.15, 0.2) is 0 Å². The van der Waals surface area contributed by atoms with E-state index >= 15 is 8.78 Å². The second-order valence-corrected chi connectivity index (χ2v) is 8.61. The maximum atomic E-state index is 15.2. The summed E-state index contributed by atoms with van der Waals surface area (Å²) in [6, 6.07) is 3.19. The second kappa shape index (κ2) is 8.18. The standard InChI is InChI=1S/C21H23F2N3O4S/c1-11-16(31-10-25-11)8-29-14-3-4-15-19(17(20(24)28)12(2)30-15)18(14)13-7-26(5-6-27)9-21(13,22)23/h3-4,10,13,27H,5-9H2,1-2H3,(H2,24,28). The molecule has 3 heterocycles. The Hall–Kier alpha value is -2.56. The number of aryl methyl sites for hydroxylation is 2. The molecule has 31 heavy (non-hydrogen) atoms. The van der Waals surface area contributed by atoms with Gasteiger partial charge in [-0.2, -0.15) is 0 Å². The molecule has 0 spiro atoms. The van der Waals surface area contributed by atoms with Crippen LogP contribution in [0.1, 0.15) is 38.2 Å². The summed E-state index contributed by atoms with van der Waals surface area (Å²) in [6.45, 7) is 3.01. The summed E-state index contributed by atoms with van der Waals surface area (Å²) in [7, 11) is 0. The molecular formula is C21H23F2N3O4S. The van der Waals surface area contributed by atoms with E-state index < -0.39 is 24.3 Å². The van der Waals surface area contributed by atoms with E-state index in [2.05, 4.69) is 4.98 Å². The zero-order valence-corrected chi connectivity index (χ0v) is 18.0. The summed E-state index contributed by atoms with van der Waals surface area (Å²) < 4.78 is 42.0. The fraction of sp³-hybridized carbons (Fsp3) is 0.429. The van der Waals surface area contributed by atoms with Crippen LogP contribution in [0.3, 0.4) is 0 Å². The lowest BCUT2D eigenvalue weighted by Gasteiger charge is -2.22. The summed E-state index contributed by atoms with van der Waals surface area (Å²) in [5, 5.41) is 9.49. The molecular weight excluding hydrogens is 428 g/mol. The zero-order valence-electron chi connectivity index (χ0n) is 17.2. The van der Waals surface area contributed by atoms with Crippen LogP contribution in [0, 0.1) is 13.8 Å². The lowest BCUT2D eigenvalue weighted by atomic mass is 9.89. The van der Waals surface area contributed by atoms with Crippen molar-refractivity contribution in [3.05, 3.63) is 45.1 Å². The predicted molar refractivity (Wildman–Crippen MR) is 112 cm³/mol. The number of carbonyl (C=O) groups excluding carboxylic acids is 1. The molecule has 1 aliphatic heterocycles. The number of carbonyl (C=O) groups is 1. The average Bonchev–Trinajstić information content (AvgIpc) is 3.34. The van der Waals surface area contributed by atoms with E-state index in [1.165, 1.54) is 16.2 Å². The number of aliphatic hydroxyl groups is 1. The van der Waals surface area contributed by atoms with E-state index in [1.807, 2.05) is 6.92 Å². The van der Waals surface area contributed by atoms with Crippen molar-refractivity contribution in [1.29, 1.82) is 0 Å². The Morgan fingerprint density at radius 1 is 1.45 bits per heavy atom. The van der Waals surface area contributed by atoms with Crippen LogP contribution < -0.4 is 10.5 Å². The number of thiazole rings is 1. The van der Waals surface area contributed by atoms with Gasteiger partial charge in [-0.15, -0.1) is 11.3 Å². The highest BCUT2D eigenvalue weighted by Crippen LogP contribution is 2.48. The Morgan fingerprint density at radius 2 is 2.23 bits per heavy atom. The first-order chi connectivity index (χ1) is 14.7. The Bertz CT molecular complexity index is 1130. The fourth-order valence-corrected chi connectivity index (χ4v) is 4.86. The van der Waals surface area contributed by atoms with Crippen LogP contribution >= 0.6 is 11.3 Å². The molecule has 1 aromatic carbocycles. The number of likely N-dealkylation sites (tertiary alicyclic amines) is 1. The number of alkyl halides is 2. The number of rotatable bonds is 7. The van der Waals surface area contributed by atoms with E-state index in [-0.39, 0.29) is 54.3 Å². The number of hydrogen-bond donors (Lipinski definition) is 2. The van der Waals surface area contributed by atoms with Crippen LogP contribution in [0.4, 0.5) is 8.78 Å². The van der Waals surface area contributed by atoms with E-state index in [9.17, 15) is 9.90 Å². The molecule has 4 rings (SSSR count). The molecule has 1 amide bonds. The number of nitrogens with two attached hydrogens (primary N) is 1. The number of amides is 1. The Kier molecular flexibility index (Phi) is 5.71. The molecule has 0 aliphatic carbocycles. The Labute approximate surface area is 181 Å². The van der Waals surface area contributed by atoms with Gasteiger partial charge >= 0.3 is 0 Å². The van der Waals surface area contributed by atoms with Crippen molar-refractivity contribution in [3.8, 4) is 5.75 Å². The maximum absolute atomic E-state index is 15.2. The van der Waals surface area contributed by atoms with Gasteiger partial charge in [-0.3, -0.25) is 9.69 Å². The van der Waals surface area contributed by atoms with E-state index in [1.54, 1.807) is 24.6 Å². The highest BCUT2D eigenvalue weighted by atomic mass is 32.1. The first-order valence-electron chi connectivity index (χ1n) is 9.81. The normalized spacial score (nSPS) is 18.7. The quantitative estimate of drug-likeness (QED) is 0.572. The molecule has 0 radical (unpaired) electrons.